The van der Waals surface area contributed by atoms with E-state index in [1.165, 1.54) is 0 Å². The standard InChI is InChI=1S/C16H13ClN2O2S/c17-12-5-3-11(4-6-12)15-8-13(19-21-15)10-18-16(20)9-14-2-1-7-22-14/h1-8H,9-10H2,(H,18,20). The van der Waals surface area contributed by atoms with Crippen molar-refractivity contribution in [3.63, 3.8) is 0 Å². The predicted molar refractivity (Wildman–Crippen MR) is 86.8 cm³/mol. The molecule has 0 radical (unpaired) electrons. The molecule has 0 saturated heterocycles. The molecule has 4 nitrogen and oxygen atoms in total. The van der Waals surface area contributed by atoms with Crippen LogP contribution in [0.1, 0.15) is 10.6 Å². The lowest BCUT2D eigenvalue weighted by Gasteiger charge is -2.00. The van der Waals surface area contributed by atoms with E-state index in [2.05, 4.69) is 10.5 Å². The fraction of sp³-hybridized carbons (Fsp3) is 0.125. The summed E-state index contributed by atoms with van der Waals surface area (Å²) in [6.45, 7) is 0.349. The molecule has 0 fully saturated rings. The van der Waals surface area contributed by atoms with E-state index in [4.69, 9.17) is 16.1 Å². The van der Waals surface area contributed by atoms with Crippen LogP contribution < -0.4 is 5.32 Å². The van der Waals surface area contributed by atoms with Gasteiger partial charge in [-0.2, -0.15) is 0 Å². The molecule has 0 unspecified atom stereocenters. The maximum absolute atomic E-state index is 11.8. The van der Waals surface area contributed by atoms with Crippen LogP contribution in [0.4, 0.5) is 0 Å². The zero-order valence-corrected chi connectivity index (χ0v) is 13.2. The Morgan fingerprint density at radius 2 is 2.09 bits per heavy atom. The molecule has 3 rings (SSSR count). The summed E-state index contributed by atoms with van der Waals surface area (Å²) in [6.07, 6.45) is 0.388. The molecule has 0 bridgehead atoms. The van der Waals surface area contributed by atoms with E-state index >= 15 is 0 Å². The Morgan fingerprint density at radius 3 is 2.82 bits per heavy atom. The summed E-state index contributed by atoms with van der Waals surface area (Å²) in [5.74, 6) is 0.623. The number of nitrogens with one attached hydrogen (secondary N) is 1. The molecule has 22 heavy (non-hydrogen) atoms. The molecular formula is C16H13ClN2O2S. The van der Waals surface area contributed by atoms with E-state index in [0.717, 1.165) is 10.4 Å². The highest BCUT2D eigenvalue weighted by Gasteiger charge is 2.09. The molecule has 0 spiro atoms. The molecule has 0 aliphatic carbocycles. The molecule has 0 atom stereocenters. The van der Waals surface area contributed by atoms with E-state index in [-0.39, 0.29) is 5.91 Å². The highest BCUT2D eigenvalue weighted by atomic mass is 35.5. The van der Waals surface area contributed by atoms with Crippen LogP contribution >= 0.6 is 22.9 Å². The van der Waals surface area contributed by atoms with Gasteiger partial charge in [0.15, 0.2) is 5.76 Å². The first-order valence-electron chi connectivity index (χ1n) is 6.71. The van der Waals surface area contributed by atoms with Gasteiger partial charge in [-0.25, -0.2) is 0 Å². The summed E-state index contributed by atoms with van der Waals surface area (Å²) in [4.78, 5) is 12.9. The average Bonchev–Trinajstić information content (AvgIpc) is 3.17. The minimum Gasteiger partial charge on any atom is -0.356 e. The second-order valence-corrected chi connectivity index (χ2v) is 6.19. The van der Waals surface area contributed by atoms with Gasteiger partial charge in [0, 0.05) is 21.5 Å². The highest BCUT2D eigenvalue weighted by Crippen LogP contribution is 2.22. The topological polar surface area (TPSA) is 55.1 Å². The van der Waals surface area contributed by atoms with Gasteiger partial charge in [0.25, 0.3) is 0 Å². The zero-order chi connectivity index (χ0) is 15.4. The van der Waals surface area contributed by atoms with Gasteiger partial charge in [-0.15, -0.1) is 11.3 Å². The Morgan fingerprint density at radius 1 is 1.27 bits per heavy atom. The number of thiophene rings is 1. The number of carbonyl (C=O) groups excluding carboxylic acids is 1. The van der Waals surface area contributed by atoms with Gasteiger partial charge in [0.2, 0.25) is 5.91 Å². The lowest BCUT2D eigenvalue weighted by atomic mass is 10.1. The lowest BCUT2D eigenvalue weighted by Crippen LogP contribution is -2.24. The Labute approximate surface area is 136 Å². The summed E-state index contributed by atoms with van der Waals surface area (Å²) in [5.41, 5.74) is 1.58. The highest BCUT2D eigenvalue weighted by molar-refractivity contribution is 7.10. The van der Waals surface area contributed by atoms with Crippen LogP contribution in [-0.4, -0.2) is 11.1 Å². The second kappa shape index (κ2) is 6.77. The fourth-order valence-corrected chi connectivity index (χ4v) is 2.80. The normalized spacial score (nSPS) is 10.6. The molecule has 1 amide bonds. The summed E-state index contributed by atoms with van der Waals surface area (Å²) in [5, 5.41) is 9.43. The first kappa shape index (κ1) is 14.8. The molecule has 1 aromatic carbocycles. The van der Waals surface area contributed by atoms with Crippen molar-refractivity contribution in [1.29, 1.82) is 0 Å². The molecule has 2 heterocycles. The van der Waals surface area contributed by atoms with Gasteiger partial charge in [-0.05, 0) is 35.7 Å². The molecule has 2 aromatic heterocycles. The Balaban J connectivity index is 1.57. The quantitative estimate of drug-likeness (QED) is 0.770. The maximum Gasteiger partial charge on any atom is 0.225 e. The minimum absolute atomic E-state index is 0.0292. The maximum atomic E-state index is 11.8. The summed E-state index contributed by atoms with van der Waals surface area (Å²) >= 11 is 7.42. The van der Waals surface area contributed by atoms with Crippen LogP contribution in [0.5, 0.6) is 0 Å². The summed E-state index contributed by atoms with van der Waals surface area (Å²) < 4.78 is 5.29. The first-order chi connectivity index (χ1) is 10.7. The third-order valence-electron chi connectivity index (χ3n) is 3.07. The van der Waals surface area contributed by atoms with E-state index in [1.54, 1.807) is 23.5 Å². The van der Waals surface area contributed by atoms with Crippen molar-refractivity contribution in [2.75, 3.05) is 0 Å². The number of aromatic nitrogens is 1. The van der Waals surface area contributed by atoms with Crippen molar-refractivity contribution in [2.45, 2.75) is 13.0 Å². The third-order valence-corrected chi connectivity index (χ3v) is 4.20. The van der Waals surface area contributed by atoms with Gasteiger partial charge in [0.1, 0.15) is 5.69 Å². The van der Waals surface area contributed by atoms with Gasteiger partial charge in [-0.1, -0.05) is 22.8 Å². The molecule has 0 saturated carbocycles. The number of amides is 1. The van der Waals surface area contributed by atoms with E-state index in [9.17, 15) is 4.79 Å². The number of benzene rings is 1. The van der Waals surface area contributed by atoms with Gasteiger partial charge in [0.05, 0.1) is 13.0 Å². The van der Waals surface area contributed by atoms with E-state index in [0.29, 0.717) is 29.4 Å². The number of halogens is 1. The van der Waals surface area contributed by atoms with Crippen LogP contribution in [0.2, 0.25) is 5.02 Å². The SMILES string of the molecule is O=C(Cc1cccs1)NCc1cc(-c2ccc(Cl)cc2)on1. The van der Waals surface area contributed by atoms with E-state index in [1.807, 2.05) is 35.7 Å². The molecule has 1 N–H and O–H groups in total. The summed E-state index contributed by atoms with van der Waals surface area (Å²) in [7, 11) is 0. The van der Waals surface area contributed by atoms with Crippen molar-refractivity contribution in [3.05, 3.63) is 63.4 Å². The van der Waals surface area contributed by atoms with Crippen molar-refractivity contribution >= 4 is 28.8 Å². The number of hydrogen-bond donors (Lipinski definition) is 1. The predicted octanol–water partition coefficient (Wildman–Crippen LogP) is 3.92. The number of nitrogens with zero attached hydrogens (tertiary/aromatic N) is 1. The van der Waals surface area contributed by atoms with Gasteiger partial charge in [-0.3, -0.25) is 4.79 Å². The first-order valence-corrected chi connectivity index (χ1v) is 7.97. The van der Waals surface area contributed by atoms with Gasteiger partial charge < -0.3 is 9.84 Å². The van der Waals surface area contributed by atoms with Crippen molar-refractivity contribution in [2.24, 2.45) is 0 Å². The molecule has 3 aromatic rings. The second-order valence-electron chi connectivity index (χ2n) is 4.72. The molecule has 0 aliphatic rings. The van der Waals surface area contributed by atoms with E-state index < -0.39 is 0 Å². The van der Waals surface area contributed by atoms with Crippen LogP contribution in [0.3, 0.4) is 0 Å². The fourth-order valence-electron chi connectivity index (χ4n) is 1.97. The van der Waals surface area contributed by atoms with Crippen LogP contribution in [-0.2, 0) is 17.8 Å². The Kier molecular flexibility index (Phi) is 4.56. The minimum atomic E-state index is -0.0292. The van der Waals surface area contributed by atoms with Crippen molar-refractivity contribution in [3.8, 4) is 11.3 Å². The molecule has 6 heteroatoms. The molecule has 0 aliphatic heterocycles. The molecule has 112 valence electrons. The third kappa shape index (κ3) is 3.75. The monoisotopic (exact) mass is 332 g/mol. The average molecular weight is 333 g/mol. The van der Waals surface area contributed by atoms with Crippen LogP contribution in [0, 0.1) is 0 Å². The number of hydrogen-bond acceptors (Lipinski definition) is 4. The van der Waals surface area contributed by atoms with Crippen LogP contribution in [0.15, 0.2) is 52.4 Å². The smallest absolute Gasteiger partial charge is 0.225 e. The summed E-state index contributed by atoms with van der Waals surface area (Å²) in [6, 6.07) is 13.0. The zero-order valence-electron chi connectivity index (χ0n) is 11.6. The number of rotatable bonds is 5. The largest absolute Gasteiger partial charge is 0.356 e. The lowest BCUT2D eigenvalue weighted by molar-refractivity contribution is -0.120. The van der Waals surface area contributed by atoms with Crippen molar-refractivity contribution < 1.29 is 9.32 Å². The van der Waals surface area contributed by atoms with Crippen LogP contribution in [0.25, 0.3) is 11.3 Å². The Hall–Kier alpha value is -2.11. The Bertz CT molecular complexity index is 751. The molecular weight excluding hydrogens is 320 g/mol. The number of carbonyl (C=O) groups is 1. The van der Waals surface area contributed by atoms with Gasteiger partial charge >= 0.3 is 0 Å². The van der Waals surface area contributed by atoms with Crippen molar-refractivity contribution in [1.82, 2.24) is 10.5 Å².